The van der Waals surface area contributed by atoms with Crippen molar-refractivity contribution >= 4 is 17.9 Å². The van der Waals surface area contributed by atoms with Crippen molar-refractivity contribution in [3.8, 4) is 0 Å². The number of ether oxygens (including phenoxy) is 3. The van der Waals surface area contributed by atoms with Crippen molar-refractivity contribution in [2.75, 3.05) is 13.2 Å². The topological polar surface area (TPSA) is 78.9 Å². The van der Waals surface area contributed by atoms with E-state index in [1.54, 1.807) is 0 Å². The second-order valence-electron chi connectivity index (χ2n) is 20.7. The molecule has 0 spiro atoms. The van der Waals surface area contributed by atoms with Gasteiger partial charge in [0.2, 0.25) is 0 Å². The Bertz CT molecular complexity index is 1220. The van der Waals surface area contributed by atoms with Crippen LogP contribution in [0, 0.1) is 0 Å². The lowest BCUT2D eigenvalue weighted by molar-refractivity contribution is -0.167. The van der Waals surface area contributed by atoms with Gasteiger partial charge in [-0.25, -0.2) is 0 Å². The lowest BCUT2D eigenvalue weighted by Gasteiger charge is -2.18. The molecule has 1 unspecified atom stereocenters. The number of rotatable bonds is 56. The summed E-state index contributed by atoms with van der Waals surface area (Å²) in [6.07, 6.45) is 72.5. The monoisotopic (exact) mass is 981 g/mol. The average Bonchev–Trinajstić information content (AvgIpc) is 3.36. The lowest BCUT2D eigenvalue weighted by atomic mass is 10.0. The van der Waals surface area contributed by atoms with Crippen LogP contribution in [0.15, 0.2) is 48.6 Å². The summed E-state index contributed by atoms with van der Waals surface area (Å²) in [4.78, 5) is 38.2. The molecule has 0 aliphatic rings. The molecule has 0 N–H and O–H groups in total. The summed E-state index contributed by atoms with van der Waals surface area (Å²) in [6, 6.07) is 0. The fraction of sp³-hybridized carbons (Fsp3) is 0.828. The largest absolute Gasteiger partial charge is 0.462 e. The zero-order valence-corrected chi connectivity index (χ0v) is 46.8. The minimum Gasteiger partial charge on any atom is -0.462 e. The summed E-state index contributed by atoms with van der Waals surface area (Å²) in [5, 5.41) is 0. The highest BCUT2D eigenvalue weighted by molar-refractivity contribution is 5.71. The van der Waals surface area contributed by atoms with Crippen LogP contribution in [0.25, 0.3) is 0 Å². The van der Waals surface area contributed by atoms with Gasteiger partial charge in [-0.3, -0.25) is 14.4 Å². The molecule has 70 heavy (non-hydrogen) atoms. The second kappa shape index (κ2) is 58.9. The maximum absolute atomic E-state index is 12.9. The molecule has 0 amide bonds. The summed E-state index contributed by atoms with van der Waals surface area (Å²) in [5.41, 5.74) is 0. The van der Waals surface area contributed by atoms with Crippen molar-refractivity contribution in [3.63, 3.8) is 0 Å². The van der Waals surface area contributed by atoms with Gasteiger partial charge in [0.15, 0.2) is 6.10 Å². The van der Waals surface area contributed by atoms with E-state index in [-0.39, 0.29) is 31.1 Å². The predicted octanol–water partition coefficient (Wildman–Crippen LogP) is 20.6. The van der Waals surface area contributed by atoms with E-state index in [2.05, 4.69) is 69.4 Å². The summed E-state index contributed by atoms with van der Waals surface area (Å²) >= 11 is 0. The summed E-state index contributed by atoms with van der Waals surface area (Å²) in [6.45, 7) is 6.63. The van der Waals surface area contributed by atoms with Gasteiger partial charge in [-0.1, -0.05) is 281 Å². The maximum atomic E-state index is 12.9. The van der Waals surface area contributed by atoms with Crippen LogP contribution in [0.2, 0.25) is 0 Å². The van der Waals surface area contributed by atoms with Crippen molar-refractivity contribution in [2.45, 2.75) is 329 Å². The first-order valence-corrected chi connectivity index (χ1v) is 30.7. The van der Waals surface area contributed by atoms with E-state index in [4.69, 9.17) is 14.2 Å². The third kappa shape index (κ3) is 56.3. The van der Waals surface area contributed by atoms with Crippen molar-refractivity contribution < 1.29 is 28.6 Å². The fourth-order valence-electron chi connectivity index (χ4n) is 8.96. The molecule has 0 aromatic carbocycles. The molecule has 0 aliphatic carbocycles. The molecule has 408 valence electrons. The van der Waals surface area contributed by atoms with Gasteiger partial charge in [-0.15, -0.1) is 0 Å². The molecule has 6 heteroatoms. The zero-order valence-electron chi connectivity index (χ0n) is 46.8. The third-order valence-electron chi connectivity index (χ3n) is 13.6. The van der Waals surface area contributed by atoms with Crippen molar-refractivity contribution in [1.29, 1.82) is 0 Å². The van der Waals surface area contributed by atoms with Crippen LogP contribution >= 0.6 is 0 Å². The van der Waals surface area contributed by atoms with E-state index in [0.29, 0.717) is 19.3 Å². The van der Waals surface area contributed by atoms with Gasteiger partial charge in [0.25, 0.3) is 0 Å². The van der Waals surface area contributed by atoms with Crippen LogP contribution in [-0.4, -0.2) is 37.2 Å². The highest BCUT2D eigenvalue weighted by Crippen LogP contribution is 2.17. The number of carbonyl (C=O) groups is 3. The molecular weight excluding hydrogens is 865 g/mol. The van der Waals surface area contributed by atoms with Crippen LogP contribution in [0.1, 0.15) is 323 Å². The second-order valence-corrected chi connectivity index (χ2v) is 20.7. The zero-order chi connectivity index (χ0) is 50.7. The SMILES string of the molecule is CCCCC/C=C\C=C/CCCCCCCCC(=O)OCC(COC(=O)CCCCCCCCCCCCCCCCCCCCC)OC(=O)CCCCCCC/C=C\C=C/CCCCCCCCC. The minimum absolute atomic E-state index is 0.0801. The molecule has 0 aromatic rings. The molecule has 0 bridgehead atoms. The van der Waals surface area contributed by atoms with Crippen LogP contribution < -0.4 is 0 Å². The quantitative estimate of drug-likeness (QED) is 0.0261. The van der Waals surface area contributed by atoms with Crippen molar-refractivity contribution in [3.05, 3.63) is 48.6 Å². The maximum Gasteiger partial charge on any atom is 0.306 e. The first kappa shape index (κ1) is 67.4. The molecule has 0 radical (unpaired) electrons. The van der Waals surface area contributed by atoms with Crippen LogP contribution in [0.5, 0.6) is 0 Å². The van der Waals surface area contributed by atoms with Gasteiger partial charge in [-0.2, -0.15) is 0 Å². The molecule has 0 rings (SSSR count). The van der Waals surface area contributed by atoms with E-state index >= 15 is 0 Å². The first-order valence-electron chi connectivity index (χ1n) is 30.7. The Labute approximate surface area is 435 Å². The fourth-order valence-corrected chi connectivity index (χ4v) is 8.96. The molecule has 0 aromatic heterocycles. The number of carbonyl (C=O) groups excluding carboxylic acids is 3. The Hall–Kier alpha value is -2.63. The molecule has 0 saturated heterocycles. The van der Waals surface area contributed by atoms with E-state index in [1.807, 2.05) is 0 Å². The predicted molar refractivity (Wildman–Crippen MR) is 302 cm³/mol. The lowest BCUT2D eigenvalue weighted by Crippen LogP contribution is -2.30. The Kier molecular flexibility index (Phi) is 56.7. The third-order valence-corrected chi connectivity index (χ3v) is 13.6. The Balaban J connectivity index is 4.37. The van der Waals surface area contributed by atoms with Gasteiger partial charge in [0, 0.05) is 19.3 Å². The molecule has 1 atom stereocenters. The van der Waals surface area contributed by atoms with Crippen LogP contribution in [0.4, 0.5) is 0 Å². The van der Waals surface area contributed by atoms with Gasteiger partial charge in [0.1, 0.15) is 13.2 Å². The summed E-state index contributed by atoms with van der Waals surface area (Å²) < 4.78 is 16.9. The Morgan fingerprint density at radius 2 is 0.500 bits per heavy atom. The van der Waals surface area contributed by atoms with Crippen LogP contribution in [0.3, 0.4) is 0 Å². The highest BCUT2D eigenvalue weighted by Gasteiger charge is 2.19. The number of hydrogen-bond donors (Lipinski definition) is 0. The molecule has 0 saturated carbocycles. The molecule has 6 nitrogen and oxygen atoms in total. The summed E-state index contributed by atoms with van der Waals surface area (Å²) in [5.74, 6) is -0.889. The van der Waals surface area contributed by atoms with Crippen molar-refractivity contribution in [2.24, 2.45) is 0 Å². The number of unbranched alkanes of at least 4 members (excludes halogenated alkanes) is 39. The number of hydrogen-bond acceptors (Lipinski definition) is 6. The molecular formula is C64H116O6. The summed E-state index contributed by atoms with van der Waals surface area (Å²) in [7, 11) is 0. The van der Waals surface area contributed by atoms with E-state index < -0.39 is 6.10 Å². The molecule has 0 aliphatic heterocycles. The van der Waals surface area contributed by atoms with Gasteiger partial charge >= 0.3 is 17.9 Å². The minimum atomic E-state index is -0.785. The van der Waals surface area contributed by atoms with Gasteiger partial charge in [0.05, 0.1) is 0 Å². The average molecular weight is 982 g/mol. The van der Waals surface area contributed by atoms with Crippen LogP contribution in [-0.2, 0) is 28.6 Å². The van der Waals surface area contributed by atoms with E-state index in [0.717, 1.165) is 83.5 Å². The first-order chi connectivity index (χ1) is 34.5. The normalized spacial score (nSPS) is 12.3. The Morgan fingerprint density at radius 3 is 0.786 bits per heavy atom. The Morgan fingerprint density at radius 1 is 0.286 bits per heavy atom. The number of esters is 3. The number of allylic oxidation sites excluding steroid dienone is 8. The van der Waals surface area contributed by atoms with Crippen molar-refractivity contribution in [1.82, 2.24) is 0 Å². The smallest absolute Gasteiger partial charge is 0.306 e. The highest BCUT2D eigenvalue weighted by atomic mass is 16.6. The standard InChI is InChI=1S/C64H116O6/c1-4-7-10-13-16-19-22-25-28-30-32-34-36-39-42-45-48-51-54-57-63(66)69-60-61(59-68-62(65)56-53-50-47-44-41-38-35-27-24-21-18-15-12-9-6-3)70-64(67)58-55-52-49-46-43-40-37-33-31-29-26-23-20-17-14-11-8-5-2/h18,21,24,27,29,31,33,37,61H,4-17,19-20,22-23,25-26,28,30,32,34-36,38-60H2,1-3H3/b21-18-,27-24-,31-29-,37-33-. The van der Waals surface area contributed by atoms with Gasteiger partial charge < -0.3 is 14.2 Å². The van der Waals surface area contributed by atoms with Gasteiger partial charge in [-0.05, 0) is 70.6 Å². The molecule has 0 fully saturated rings. The van der Waals surface area contributed by atoms with E-state index in [1.165, 1.54) is 199 Å². The molecule has 0 heterocycles. The van der Waals surface area contributed by atoms with E-state index in [9.17, 15) is 14.4 Å².